The number of para-hydroxylation sites is 1. The monoisotopic (exact) mass is 665 g/mol. The summed E-state index contributed by atoms with van der Waals surface area (Å²) >= 11 is 4.81. The molecule has 11 heteroatoms. The number of fused-ring (bicyclic) bond motifs is 2. The minimum atomic E-state index is -0.809. The first-order valence-corrected chi connectivity index (χ1v) is 15.7. The highest BCUT2D eigenvalue weighted by Crippen LogP contribution is 2.38. The van der Waals surface area contributed by atoms with Gasteiger partial charge in [-0.25, -0.2) is 9.79 Å². The number of allylic oxidation sites excluding steroid dienone is 1. The van der Waals surface area contributed by atoms with Crippen LogP contribution in [0.3, 0.4) is 0 Å². The van der Waals surface area contributed by atoms with Crippen LogP contribution in [0.1, 0.15) is 50.8 Å². The van der Waals surface area contributed by atoms with E-state index in [2.05, 4.69) is 15.9 Å². The Kier molecular flexibility index (Phi) is 9.31. The zero-order valence-electron chi connectivity index (χ0n) is 24.4. The number of methoxy groups -OCH3 is 1. The Balaban J connectivity index is 1.76. The standard InChI is InChI=1S/C32H32BrN3O6S/c1-5-10-23-28(31(39)42-7-3)29(22-16-20(33)13-14-25(22)40-4)36-30(38)26(43-32(36)34-23)15-19-17-35(18-27(37)41-6-2)24-12-9-8-11-21(19)24/h8-9,11-17,29H,5-7,10,18H2,1-4H3/b26-15+/t29-/m0/s1. The number of benzene rings is 2. The lowest BCUT2D eigenvalue weighted by molar-refractivity contribution is -0.143. The predicted molar refractivity (Wildman–Crippen MR) is 169 cm³/mol. The van der Waals surface area contributed by atoms with E-state index in [4.69, 9.17) is 19.2 Å². The van der Waals surface area contributed by atoms with Gasteiger partial charge in [0.25, 0.3) is 5.56 Å². The molecule has 1 aliphatic heterocycles. The molecule has 224 valence electrons. The average molecular weight is 667 g/mol. The fourth-order valence-electron chi connectivity index (χ4n) is 5.34. The summed E-state index contributed by atoms with van der Waals surface area (Å²) in [6, 6.07) is 12.4. The van der Waals surface area contributed by atoms with Gasteiger partial charge < -0.3 is 18.8 Å². The lowest BCUT2D eigenvalue weighted by Gasteiger charge is -2.27. The van der Waals surface area contributed by atoms with Crippen LogP contribution in [0.25, 0.3) is 17.0 Å². The molecule has 0 saturated carbocycles. The van der Waals surface area contributed by atoms with Crippen molar-refractivity contribution in [1.29, 1.82) is 0 Å². The lowest BCUT2D eigenvalue weighted by atomic mass is 9.93. The van der Waals surface area contributed by atoms with Crippen LogP contribution < -0.4 is 19.6 Å². The van der Waals surface area contributed by atoms with E-state index in [0.29, 0.717) is 44.9 Å². The minimum Gasteiger partial charge on any atom is -0.496 e. The van der Waals surface area contributed by atoms with Crippen molar-refractivity contribution < 1.29 is 23.8 Å². The number of halogens is 1. The number of esters is 2. The minimum absolute atomic E-state index is 0.0510. The number of rotatable bonds is 10. The van der Waals surface area contributed by atoms with E-state index >= 15 is 0 Å². The zero-order chi connectivity index (χ0) is 30.7. The fraction of sp³-hybridized carbons (Fsp3) is 0.312. The van der Waals surface area contributed by atoms with Gasteiger partial charge in [-0.15, -0.1) is 0 Å². The van der Waals surface area contributed by atoms with Crippen molar-refractivity contribution in [3.05, 3.63) is 95.2 Å². The molecule has 2 aromatic carbocycles. The first-order valence-electron chi connectivity index (χ1n) is 14.1. The lowest BCUT2D eigenvalue weighted by Crippen LogP contribution is -2.40. The van der Waals surface area contributed by atoms with Gasteiger partial charge in [0.2, 0.25) is 0 Å². The van der Waals surface area contributed by atoms with E-state index in [1.807, 2.05) is 60.2 Å². The van der Waals surface area contributed by atoms with Gasteiger partial charge in [0.15, 0.2) is 4.80 Å². The molecule has 43 heavy (non-hydrogen) atoms. The Morgan fingerprint density at radius 3 is 2.58 bits per heavy atom. The van der Waals surface area contributed by atoms with Crippen LogP contribution in [-0.2, 0) is 25.6 Å². The number of nitrogens with zero attached hydrogens (tertiary/aromatic N) is 3. The number of hydrogen-bond acceptors (Lipinski definition) is 8. The smallest absolute Gasteiger partial charge is 0.338 e. The molecule has 9 nitrogen and oxygen atoms in total. The molecule has 5 rings (SSSR count). The van der Waals surface area contributed by atoms with E-state index in [-0.39, 0.29) is 24.7 Å². The molecule has 1 atom stereocenters. The van der Waals surface area contributed by atoms with Gasteiger partial charge in [-0.1, -0.05) is 58.8 Å². The maximum absolute atomic E-state index is 14.3. The van der Waals surface area contributed by atoms with Gasteiger partial charge >= 0.3 is 11.9 Å². The summed E-state index contributed by atoms with van der Waals surface area (Å²) in [6.45, 7) is 6.07. The van der Waals surface area contributed by atoms with Crippen molar-refractivity contribution in [3.63, 3.8) is 0 Å². The average Bonchev–Trinajstić information content (AvgIpc) is 3.49. The molecule has 0 saturated heterocycles. The molecule has 4 aromatic rings. The molecular weight excluding hydrogens is 634 g/mol. The van der Waals surface area contributed by atoms with Gasteiger partial charge in [0.05, 0.1) is 36.1 Å². The third-order valence-corrected chi connectivity index (χ3v) is 8.57. The Morgan fingerprint density at radius 2 is 1.86 bits per heavy atom. The summed E-state index contributed by atoms with van der Waals surface area (Å²) in [6.07, 6.45) is 4.95. The second-order valence-electron chi connectivity index (χ2n) is 9.83. The van der Waals surface area contributed by atoms with Crippen LogP contribution >= 0.6 is 27.3 Å². The van der Waals surface area contributed by atoms with Crippen LogP contribution in [0, 0.1) is 0 Å². The topological polar surface area (TPSA) is 101 Å². The molecule has 0 amide bonds. The molecule has 3 heterocycles. The SMILES string of the molecule is CCCC1=C(C(=O)OCC)[C@H](c2cc(Br)ccc2OC)n2c(s/c(=C/c3cn(CC(=O)OCC)c4ccccc34)c2=O)=N1. The van der Waals surface area contributed by atoms with Crippen LogP contribution in [-0.4, -0.2) is 41.4 Å². The van der Waals surface area contributed by atoms with Gasteiger partial charge in [-0.2, -0.15) is 0 Å². The van der Waals surface area contributed by atoms with Gasteiger partial charge in [-0.05, 0) is 50.6 Å². The summed E-state index contributed by atoms with van der Waals surface area (Å²) in [5, 5.41) is 0.890. The Labute approximate surface area is 260 Å². The maximum Gasteiger partial charge on any atom is 0.338 e. The second kappa shape index (κ2) is 13.1. The summed E-state index contributed by atoms with van der Waals surface area (Å²) in [5.41, 5.74) is 2.88. The van der Waals surface area contributed by atoms with Crippen molar-refractivity contribution in [3.8, 4) is 5.75 Å². The van der Waals surface area contributed by atoms with Crippen LogP contribution in [0.5, 0.6) is 5.75 Å². The molecule has 2 aromatic heterocycles. The molecule has 0 spiro atoms. The molecular formula is C32H32BrN3O6S. The highest BCUT2D eigenvalue weighted by atomic mass is 79.9. The summed E-state index contributed by atoms with van der Waals surface area (Å²) < 4.78 is 21.0. The molecule has 0 radical (unpaired) electrons. The number of aromatic nitrogens is 2. The van der Waals surface area contributed by atoms with Gasteiger partial charge in [0, 0.05) is 32.7 Å². The van der Waals surface area contributed by atoms with E-state index in [1.54, 1.807) is 31.6 Å². The third-order valence-electron chi connectivity index (χ3n) is 7.09. The Bertz CT molecular complexity index is 1920. The van der Waals surface area contributed by atoms with E-state index < -0.39 is 12.0 Å². The van der Waals surface area contributed by atoms with Crippen LogP contribution in [0.2, 0.25) is 0 Å². The predicted octanol–water partition coefficient (Wildman–Crippen LogP) is 4.87. The van der Waals surface area contributed by atoms with Gasteiger partial charge in [-0.3, -0.25) is 14.2 Å². The van der Waals surface area contributed by atoms with E-state index in [9.17, 15) is 14.4 Å². The molecule has 0 aliphatic carbocycles. The molecule has 0 bridgehead atoms. The quantitative estimate of drug-likeness (QED) is 0.224. The third kappa shape index (κ3) is 5.96. The summed E-state index contributed by atoms with van der Waals surface area (Å²) in [7, 11) is 1.56. The largest absolute Gasteiger partial charge is 0.496 e. The van der Waals surface area contributed by atoms with Gasteiger partial charge in [0.1, 0.15) is 18.3 Å². The van der Waals surface area contributed by atoms with Crippen LogP contribution in [0.4, 0.5) is 0 Å². The fourth-order valence-corrected chi connectivity index (χ4v) is 6.73. The Morgan fingerprint density at radius 1 is 1.09 bits per heavy atom. The molecule has 0 unspecified atom stereocenters. The number of carbonyl (C=O) groups excluding carboxylic acids is 2. The van der Waals surface area contributed by atoms with Crippen molar-refractivity contribution in [2.75, 3.05) is 20.3 Å². The van der Waals surface area contributed by atoms with E-state index in [1.165, 1.54) is 11.3 Å². The highest BCUT2D eigenvalue weighted by molar-refractivity contribution is 9.10. The van der Waals surface area contributed by atoms with Crippen molar-refractivity contribution in [1.82, 2.24) is 9.13 Å². The first-order chi connectivity index (χ1) is 20.8. The Hall–Kier alpha value is -3.96. The maximum atomic E-state index is 14.3. The number of carbonyl (C=O) groups is 2. The molecule has 0 N–H and O–H groups in total. The second-order valence-corrected chi connectivity index (χ2v) is 11.8. The summed E-state index contributed by atoms with van der Waals surface area (Å²) in [5.74, 6) is -0.325. The number of ether oxygens (including phenoxy) is 3. The molecule has 0 fully saturated rings. The highest BCUT2D eigenvalue weighted by Gasteiger charge is 2.36. The number of thiazole rings is 1. The van der Waals surface area contributed by atoms with Crippen molar-refractivity contribution in [2.24, 2.45) is 4.99 Å². The first kappa shape index (κ1) is 30.5. The van der Waals surface area contributed by atoms with Crippen LogP contribution in [0.15, 0.2) is 74.2 Å². The van der Waals surface area contributed by atoms with E-state index in [0.717, 1.165) is 27.4 Å². The molecule has 1 aliphatic rings. The zero-order valence-corrected chi connectivity index (χ0v) is 26.8. The normalized spacial score (nSPS) is 14.9. The van der Waals surface area contributed by atoms with Crippen molar-refractivity contribution >= 4 is 56.2 Å². The summed E-state index contributed by atoms with van der Waals surface area (Å²) in [4.78, 5) is 45.4. The number of hydrogen-bond donors (Lipinski definition) is 0. The van der Waals surface area contributed by atoms with Crippen molar-refractivity contribution in [2.45, 2.75) is 46.2 Å².